The average molecular weight is 289 g/mol. The summed E-state index contributed by atoms with van der Waals surface area (Å²) >= 11 is 0. The van der Waals surface area contributed by atoms with Crippen LogP contribution < -0.4 is 10.5 Å². The smallest absolute Gasteiger partial charge is 0.246 e. The molecular formula is C11H23N5O2S. The van der Waals surface area contributed by atoms with Crippen LogP contribution in [0.1, 0.15) is 19.5 Å². The van der Waals surface area contributed by atoms with E-state index in [4.69, 9.17) is 5.73 Å². The first-order valence-corrected chi connectivity index (χ1v) is 7.64. The Morgan fingerprint density at radius 1 is 1.47 bits per heavy atom. The molecule has 8 heteroatoms. The maximum atomic E-state index is 12.2. The Balaban J connectivity index is 2.77. The van der Waals surface area contributed by atoms with Crippen molar-refractivity contribution in [3.05, 3.63) is 5.69 Å². The molecule has 0 aliphatic rings. The summed E-state index contributed by atoms with van der Waals surface area (Å²) in [6.45, 7) is 6.76. The fourth-order valence-corrected chi connectivity index (χ4v) is 2.97. The molecule has 0 fully saturated rings. The Labute approximate surface area is 114 Å². The molecule has 0 saturated heterocycles. The highest BCUT2D eigenvalue weighted by Crippen LogP contribution is 2.20. The second-order valence-corrected chi connectivity index (χ2v) is 6.60. The van der Waals surface area contributed by atoms with Gasteiger partial charge in [-0.25, -0.2) is 13.1 Å². The van der Waals surface area contributed by atoms with E-state index in [2.05, 4.69) is 28.6 Å². The number of hydrogen-bond acceptors (Lipinski definition) is 5. The highest BCUT2D eigenvalue weighted by molar-refractivity contribution is 7.89. The maximum Gasteiger partial charge on any atom is 0.246 e. The summed E-state index contributed by atoms with van der Waals surface area (Å²) in [5, 5.41) is 3.91. The second kappa shape index (κ2) is 5.89. The zero-order valence-corrected chi connectivity index (χ0v) is 13.0. The van der Waals surface area contributed by atoms with Crippen LogP contribution in [-0.4, -0.2) is 49.3 Å². The minimum absolute atomic E-state index is 0.0321. The van der Waals surface area contributed by atoms with Crippen LogP contribution in [0.2, 0.25) is 0 Å². The van der Waals surface area contributed by atoms with Gasteiger partial charge in [-0.05, 0) is 27.8 Å². The number of nitrogen functional groups attached to an aromatic ring is 1. The van der Waals surface area contributed by atoms with Crippen LogP contribution in [0.15, 0.2) is 4.90 Å². The van der Waals surface area contributed by atoms with Crippen LogP contribution in [0.5, 0.6) is 0 Å². The van der Waals surface area contributed by atoms with Gasteiger partial charge in [-0.2, -0.15) is 5.10 Å². The van der Waals surface area contributed by atoms with E-state index in [1.165, 1.54) is 4.68 Å². The monoisotopic (exact) mass is 289 g/mol. The van der Waals surface area contributed by atoms with Crippen LogP contribution in [0.4, 0.5) is 5.82 Å². The lowest BCUT2D eigenvalue weighted by Gasteiger charge is -2.20. The van der Waals surface area contributed by atoms with Gasteiger partial charge in [0.25, 0.3) is 0 Å². The Morgan fingerprint density at radius 2 is 2.05 bits per heavy atom. The van der Waals surface area contributed by atoms with Gasteiger partial charge >= 0.3 is 0 Å². The van der Waals surface area contributed by atoms with Crippen LogP contribution in [0.25, 0.3) is 0 Å². The topological polar surface area (TPSA) is 93.2 Å². The zero-order chi connectivity index (χ0) is 14.8. The number of aryl methyl sites for hydroxylation is 1. The molecule has 19 heavy (non-hydrogen) atoms. The van der Waals surface area contributed by atoms with Crippen molar-refractivity contribution >= 4 is 15.8 Å². The standard InChI is InChI=1S/C11H23N5O2S/c1-8(2)15(4)7-6-13-19(17,18)10-9(3)16(5)14-11(10)12/h8,13H,6-7H2,1-5H3,(H2,12,14). The van der Waals surface area contributed by atoms with Gasteiger partial charge in [0.05, 0.1) is 5.69 Å². The van der Waals surface area contributed by atoms with Crippen LogP contribution >= 0.6 is 0 Å². The summed E-state index contributed by atoms with van der Waals surface area (Å²) in [5.41, 5.74) is 6.18. The van der Waals surface area contributed by atoms with E-state index in [-0.39, 0.29) is 10.7 Å². The van der Waals surface area contributed by atoms with E-state index in [0.717, 1.165) is 0 Å². The van der Waals surface area contributed by atoms with Gasteiger partial charge in [-0.15, -0.1) is 0 Å². The first-order chi connectivity index (χ1) is 8.66. The third-order valence-corrected chi connectivity index (χ3v) is 4.84. The molecule has 0 saturated carbocycles. The predicted molar refractivity (Wildman–Crippen MR) is 75.3 cm³/mol. The molecule has 0 unspecified atom stereocenters. The van der Waals surface area contributed by atoms with E-state index in [1.54, 1.807) is 14.0 Å². The maximum absolute atomic E-state index is 12.2. The van der Waals surface area contributed by atoms with Crippen molar-refractivity contribution in [1.29, 1.82) is 0 Å². The zero-order valence-electron chi connectivity index (χ0n) is 12.1. The number of likely N-dealkylation sites (N-methyl/N-ethyl adjacent to an activating group) is 1. The number of nitrogens with one attached hydrogen (secondary N) is 1. The van der Waals surface area contributed by atoms with Gasteiger partial charge in [-0.1, -0.05) is 0 Å². The Bertz CT molecular complexity index is 536. The molecule has 3 N–H and O–H groups in total. The number of nitrogens with zero attached hydrogens (tertiary/aromatic N) is 3. The van der Waals surface area contributed by atoms with Crippen LogP contribution in [0.3, 0.4) is 0 Å². The molecule has 0 radical (unpaired) electrons. The molecule has 0 spiro atoms. The van der Waals surface area contributed by atoms with E-state index >= 15 is 0 Å². The Hall–Kier alpha value is -1.12. The number of nitrogens with two attached hydrogens (primary N) is 1. The minimum Gasteiger partial charge on any atom is -0.381 e. The summed E-state index contributed by atoms with van der Waals surface area (Å²) in [6.07, 6.45) is 0. The van der Waals surface area contributed by atoms with E-state index in [0.29, 0.717) is 24.8 Å². The van der Waals surface area contributed by atoms with Crippen molar-refractivity contribution in [2.75, 3.05) is 25.9 Å². The summed E-state index contributed by atoms with van der Waals surface area (Å²) in [6, 6.07) is 0.370. The van der Waals surface area contributed by atoms with Gasteiger partial charge in [0, 0.05) is 26.2 Å². The lowest BCUT2D eigenvalue weighted by molar-refractivity contribution is 0.278. The molecule has 0 bridgehead atoms. The van der Waals surface area contributed by atoms with E-state index < -0.39 is 10.0 Å². The Kier molecular flexibility index (Phi) is 4.94. The third-order valence-electron chi connectivity index (χ3n) is 3.21. The highest BCUT2D eigenvalue weighted by Gasteiger charge is 2.24. The number of anilines is 1. The number of sulfonamides is 1. The van der Waals surface area contributed by atoms with Crippen molar-refractivity contribution < 1.29 is 8.42 Å². The predicted octanol–water partition coefficient (Wildman–Crippen LogP) is -0.0708. The van der Waals surface area contributed by atoms with Gasteiger partial charge in [0.1, 0.15) is 4.90 Å². The molecule has 1 aromatic rings. The summed E-state index contributed by atoms with van der Waals surface area (Å²) < 4.78 is 28.4. The van der Waals surface area contributed by atoms with Crippen molar-refractivity contribution in [2.24, 2.45) is 7.05 Å². The van der Waals surface area contributed by atoms with E-state index in [1.807, 2.05) is 7.05 Å². The molecule has 7 nitrogen and oxygen atoms in total. The molecule has 1 heterocycles. The molecule has 0 aromatic carbocycles. The fourth-order valence-electron chi connectivity index (χ4n) is 1.63. The van der Waals surface area contributed by atoms with Crippen LogP contribution in [-0.2, 0) is 17.1 Å². The molecule has 1 aromatic heterocycles. The van der Waals surface area contributed by atoms with Gasteiger partial charge in [-0.3, -0.25) is 4.68 Å². The van der Waals surface area contributed by atoms with Crippen molar-refractivity contribution in [2.45, 2.75) is 31.7 Å². The molecule has 0 aliphatic heterocycles. The van der Waals surface area contributed by atoms with Crippen molar-refractivity contribution in [3.8, 4) is 0 Å². The molecule has 1 rings (SSSR count). The molecule has 0 atom stereocenters. The SMILES string of the molecule is Cc1c(S(=O)(=O)NCCN(C)C(C)C)c(N)nn1C. The first kappa shape index (κ1) is 15.9. The molecule has 0 amide bonds. The molecule has 110 valence electrons. The molecular weight excluding hydrogens is 266 g/mol. The number of hydrogen-bond donors (Lipinski definition) is 2. The Morgan fingerprint density at radius 3 is 2.47 bits per heavy atom. The highest BCUT2D eigenvalue weighted by atomic mass is 32.2. The third kappa shape index (κ3) is 3.68. The second-order valence-electron chi connectivity index (χ2n) is 4.90. The average Bonchev–Trinajstić information content (AvgIpc) is 2.52. The number of aromatic nitrogens is 2. The minimum atomic E-state index is -3.61. The van der Waals surface area contributed by atoms with Crippen molar-refractivity contribution in [1.82, 2.24) is 19.4 Å². The summed E-state index contributed by atoms with van der Waals surface area (Å²) in [4.78, 5) is 2.13. The van der Waals surface area contributed by atoms with Crippen LogP contribution in [0, 0.1) is 6.92 Å². The first-order valence-electron chi connectivity index (χ1n) is 6.15. The van der Waals surface area contributed by atoms with E-state index in [9.17, 15) is 8.42 Å². The lowest BCUT2D eigenvalue weighted by atomic mass is 10.3. The largest absolute Gasteiger partial charge is 0.381 e. The normalized spacial score (nSPS) is 12.6. The fraction of sp³-hybridized carbons (Fsp3) is 0.727. The summed E-state index contributed by atoms with van der Waals surface area (Å²) in [7, 11) is 0.00386. The molecule has 0 aliphatic carbocycles. The van der Waals surface area contributed by atoms with Gasteiger partial charge in [0.2, 0.25) is 10.0 Å². The number of rotatable bonds is 6. The van der Waals surface area contributed by atoms with Crippen molar-refractivity contribution in [3.63, 3.8) is 0 Å². The lowest BCUT2D eigenvalue weighted by Crippen LogP contribution is -2.36. The van der Waals surface area contributed by atoms with Gasteiger partial charge in [0.15, 0.2) is 5.82 Å². The summed E-state index contributed by atoms with van der Waals surface area (Å²) in [5.74, 6) is 0.0321. The van der Waals surface area contributed by atoms with Gasteiger partial charge < -0.3 is 10.6 Å². The quantitative estimate of drug-likeness (QED) is 0.764.